The predicted molar refractivity (Wildman–Crippen MR) is 88.5 cm³/mol. The number of hydrogen-bond acceptors (Lipinski definition) is 2. The van der Waals surface area contributed by atoms with Gasteiger partial charge in [-0.3, -0.25) is 0 Å². The summed E-state index contributed by atoms with van der Waals surface area (Å²) in [4.78, 5) is 1.31. The molecular weight excluding hydrogens is 342 g/mol. The summed E-state index contributed by atoms with van der Waals surface area (Å²) in [6.07, 6.45) is 0. The molecular formula is C15H17BrClNS. The first-order valence-corrected chi connectivity index (χ1v) is 8.26. The van der Waals surface area contributed by atoms with Crippen molar-refractivity contribution in [2.24, 2.45) is 0 Å². The summed E-state index contributed by atoms with van der Waals surface area (Å²) in [5.41, 5.74) is 3.69. The molecule has 1 aromatic heterocycles. The Morgan fingerprint density at radius 3 is 2.53 bits per heavy atom. The molecule has 2 rings (SSSR count). The van der Waals surface area contributed by atoms with E-state index < -0.39 is 0 Å². The average molecular weight is 359 g/mol. The van der Waals surface area contributed by atoms with Gasteiger partial charge >= 0.3 is 0 Å². The number of aryl methyl sites for hydroxylation is 2. The molecule has 1 unspecified atom stereocenters. The number of rotatable bonds is 4. The smallest absolute Gasteiger partial charge is 0.0731 e. The Kier molecular flexibility index (Phi) is 5.07. The maximum atomic E-state index is 6.18. The van der Waals surface area contributed by atoms with Gasteiger partial charge in [0.25, 0.3) is 0 Å². The van der Waals surface area contributed by atoms with E-state index in [1.807, 2.05) is 12.1 Å². The molecule has 0 aliphatic heterocycles. The Labute approximate surface area is 132 Å². The number of halogens is 2. The summed E-state index contributed by atoms with van der Waals surface area (Å²) < 4.78 is 1.20. The first-order valence-electron chi connectivity index (χ1n) is 6.27. The minimum Gasteiger partial charge on any atom is -0.306 e. The van der Waals surface area contributed by atoms with Crippen molar-refractivity contribution in [3.63, 3.8) is 0 Å². The summed E-state index contributed by atoms with van der Waals surface area (Å²) in [5.74, 6) is 0. The third kappa shape index (κ3) is 3.60. The van der Waals surface area contributed by atoms with Crippen LogP contribution in [-0.4, -0.2) is 6.54 Å². The molecule has 4 heteroatoms. The van der Waals surface area contributed by atoms with Gasteiger partial charge in [0.15, 0.2) is 0 Å². The lowest BCUT2D eigenvalue weighted by Gasteiger charge is -2.18. The molecule has 0 saturated heterocycles. The van der Waals surface area contributed by atoms with Crippen molar-refractivity contribution in [2.75, 3.05) is 6.54 Å². The van der Waals surface area contributed by atoms with Gasteiger partial charge in [-0.25, -0.2) is 0 Å². The van der Waals surface area contributed by atoms with Crippen molar-refractivity contribution in [1.29, 1.82) is 0 Å². The standard InChI is InChI=1S/C15H17BrClNS/c1-4-18-14(13-7-10(3)15(16)19-13)11-5-9(2)6-12(17)8-11/h5-8,14,18H,4H2,1-3H3. The lowest BCUT2D eigenvalue weighted by atomic mass is 10.0. The summed E-state index contributed by atoms with van der Waals surface area (Å²) in [7, 11) is 0. The topological polar surface area (TPSA) is 12.0 Å². The van der Waals surface area contributed by atoms with E-state index in [1.165, 1.54) is 25.4 Å². The van der Waals surface area contributed by atoms with Crippen molar-refractivity contribution in [3.05, 3.63) is 54.6 Å². The van der Waals surface area contributed by atoms with Gasteiger partial charge in [-0.05, 0) is 71.2 Å². The second-order valence-electron chi connectivity index (χ2n) is 4.66. The van der Waals surface area contributed by atoms with Crippen LogP contribution in [0, 0.1) is 13.8 Å². The minimum atomic E-state index is 0.206. The number of nitrogens with one attached hydrogen (secondary N) is 1. The minimum absolute atomic E-state index is 0.206. The largest absolute Gasteiger partial charge is 0.306 e. The van der Waals surface area contributed by atoms with Gasteiger partial charge in [-0.1, -0.05) is 24.6 Å². The highest BCUT2D eigenvalue weighted by Gasteiger charge is 2.17. The van der Waals surface area contributed by atoms with Crippen LogP contribution in [0.4, 0.5) is 0 Å². The summed E-state index contributed by atoms with van der Waals surface area (Å²) in [6.45, 7) is 7.25. The Morgan fingerprint density at radius 2 is 2.00 bits per heavy atom. The van der Waals surface area contributed by atoms with Crippen molar-refractivity contribution < 1.29 is 0 Å². The Balaban J connectivity index is 2.44. The molecule has 1 heterocycles. The van der Waals surface area contributed by atoms with E-state index in [0.29, 0.717) is 0 Å². The average Bonchev–Trinajstić information content (AvgIpc) is 2.65. The zero-order valence-corrected chi connectivity index (χ0v) is 14.4. The molecule has 0 aliphatic carbocycles. The molecule has 1 atom stereocenters. The molecule has 0 fully saturated rings. The van der Waals surface area contributed by atoms with Gasteiger partial charge < -0.3 is 5.32 Å². The molecule has 1 nitrogen and oxygen atoms in total. The summed E-state index contributed by atoms with van der Waals surface area (Å²) in [5, 5.41) is 4.34. The van der Waals surface area contributed by atoms with E-state index in [-0.39, 0.29) is 6.04 Å². The Morgan fingerprint density at radius 1 is 1.26 bits per heavy atom. The molecule has 1 aromatic carbocycles. The van der Waals surface area contributed by atoms with Gasteiger partial charge in [0, 0.05) is 9.90 Å². The molecule has 102 valence electrons. The molecule has 0 spiro atoms. The monoisotopic (exact) mass is 357 g/mol. The van der Waals surface area contributed by atoms with Crippen LogP contribution >= 0.6 is 38.9 Å². The SMILES string of the molecule is CCNC(c1cc(C)cc(Cl)c1)c1cc(C)c(Br)s1. The quantitative estimate of drug-likeness (QED) is 0.763. The molecule has 19 heavy (non-hydrogen) atoms. The molecule has 0 saturated carbocycles. The molecule has 0 radical (unpaired) electrons. The van der Waals surface area contributed by atoms with Crippen molar-refractivity contribution >= 4 is 38.9 Å². The van der Waals surface area contributed by atoms with E-state index in [4.69, 9.17) is 11.6 Å². The maximum absolute atomic E-state index is 6.18. The zero-order valence-electron chi connectivity index (χ0n) is 11.3. The molecule has 0 aliphatic rings. The van der Waals surface area contributed by atoms with Crippen LogP contribution in [0.1, 0.15) is 34.5 Å². The van der Waals surface area contributed by atoms with Crippen LogP contribution in [0.15, 0.2) is 28.1 Å². The highest BCUT2D eigenvalue weighted by Crippen LogP contribution is 2.35. The van der Waals surface area contributed by atoms with Crippen LogP contribution in [-0.2, 0) is 0 Å². The van der Waals surface area contributed by atoms with Gasteiger partial charge in [0.1, 0.15) is 0 Å². The van der Waals surface area contributed by atoms with E-state index in [2.05, 4.69) is 54.2 Å². The summed E-state index contributed by atoms with van der Waals surface area (Å²) in [6, 6.07) is 8.67. The van der Waals surface area contributed by atoms with Crippen molar-refractivity contribution in [3.8, 4) is 0 Å². The van der Waals surface area contributed by atoms with E-state index in [0.717, 1.165) is 11.6 Å². The normalized spacial score (nSPS) is 12.7. The number of hydrogen-bond donors (Lipinski definition) is 1. The first-order chi connectivity index (χ1) is 9.01. The van der Waals surface area contributed by atoms with Gasteiger partial charge in [0.2, 0.25) is 0 Å². The fourth-order valence-electron chi connectivity index (χ4n) is 2.14. The third-order valence-electron chi connectivity index (χ3n) is 2.97. The van der Waals surface area contributed by atoms with Crippen LogP contribution in [0.3, 0.4) is 0 Å². The Hall–Kier alpha value is -0.350. The lowest BCUT2D eigenvalue weighted by molar-refractivity contribution is 0.639. The Bertz CT molecular complexity index is 540. The van der Waals surface area contributed by atoms with Crippen molar-refractivity contribution in [1.82, 2.24) is 5.32 Å². The van der Waals surface area contributed by atoms with Crippen LogP contribution in [0.25, 0.3) is 0 Å². The van der Waals surface area contributed by atoms with Crippen LogP contribution < -0.4 is 5.32 Å². The lowest BCUT2D eigenvalue weighted by Crippen LogP contribution is -2.21. The van der Waals surface area contributed by atoms with Crippen molar-refractivity contribution in [2.45, 2.75) is 26.8 Å². The third-order valence-corrected chi connectivity index (χ3v) is 5.39. The predicted octanol–water partition coefficient (Wildman–Crippen LogP) is 5.48. The highest BCUT2D eigenvalue weighted by atomic mass is 79.9. The van der Waals surface area contributed by atoms with Gasteiger partial charge in [-0.15, -0.1) is 11.3 Å². The maximum Gasteiger partial charge on any atom is 0.0731 e. The number of benzene rings is 1. The molecule has 0 bridgehead atoms. The molecule has 0 amide bonds. The fraction of sp³-hybridized carbons (Fsp3) is 0.333. The van der Waals surface area contributed by atoms with Crippen LogP contribution in [0.2, 0.25) is 5.02 Å². The van der Waals surface area contributed by atoms with E-state index in [1.54, 1.807) is 11.3 Å². The highest BCUT2D eigenvalue weighted by molar-refractivity contribution is 9.11. The first kappa shape index (κ1) is 15.0. The van der Waals surface area contributed by atoms with E-state index >= 15 is 0 Å². The molecule has 2 aromatic rings. The second kappa shape index (κ2) is 6.40. The zero-order chi connectivity index (χ0) is 14.0. The molecule has 1 N–H and O–H groups in total. The summed E-state index contributed by atoms with van der Waals surface area (Å²) >= 11 is 11.6. The van der Waals surface area contributed by atoms with E-state index in [9.17, 15) is 0 Å². The van der Waals surface area contributed by atoms with Gasteiger partial charge in [0.05, 0.1) is 9.83 Å². The number of thiophene rings is 1. The fourth-order valence-corrected chi connectivity index (χ4v) is 4.12. The second-order valence-corrected chi connectivity index (χ2v) is 7.50. The van der Waals surface area contributed by atoms with Crippen LogP contribution in [0.5, 0.6) is 0 Å². The van der Waals surface area contributed by atoms with Gasteiger partial charge in [-0.2, -0.15) is 0 Å².